The number of hydrogen-bond donors (Lipinski definition) is 0. The van der Waals surface area contributed by atoms with Crippen molar-refractivity contribution < 1.29 is 9.53 Å². The number of methoxy groups -OCH3 is 1. The number of carbonyl (C=O) groups excluding carboxylic acids is 1. The highest BCUT2D eigenvalue weighted by Gasteiger charge is 2.32. The monoisotopic (exact) mass is 227 g/mol. The lowest BCUT2D eigenvalue weighted by molar-refractivity contribution is -0.0194. The molecule has 0 aromatic carbocycles. The smallest absolute Gasteiger partial charge is 0.274 e. The van der Waals surface area contributed by atoms with Crippen molar-refractivity contribution in [1.29, 1.82) is 0 Å². The predicted molar refractivity (Wildman–Crippen MR) is 53.7 cm³/mol. The molecule has 0 unspecified atom stereocenters. The fraction of sp³-hybridized carbons (Fsp3) is 0.444. The molecule has 1 aliphatic rings. The average molecular weight is 228 g/mol. The van der Waals surface area contributed by atoms with E-state index in [9.17, 15) is 4.79 Å². The van der Waals surface area contributed by atoms with Crippen molar-refractivity contribution in [3.8, 4) is 0 Å². The molecule has 0 saturated carbocycles. The van der Waals surface area contributed by atoms with Gasteiger partial charge in [-0.15, -0.1) is 0 Å². The minimum absolute atomic E-state index is 0.134. The van der Waals surface area contributed by atoms with Crippen molar-refractivity contribution in [2.45, 2.75) is 6.10 Å². The van der Waals surface area contributed by atoms with Gasteiger partial charge in [0, 0.05) is 26.4 Å². The molecule has 0 spiro atoms. The van der Waals surface area contributed by atoms with Gasteiger partial charge in [-0.25, -0.2) is 9.97 Å². The molecular weight excluding hydrogens is 218 g/mol. The molecule has 15 heavy (non-hydrogen) atoms. The Morgan fingerprint density at radius 3 is 3.00 bits per heavy atom. The van der Waals surface area contributed by atoms with Crippen LogP contribution in [0.5, 0.6) is 0 Å². The minimum Gasteiger partial charge on any atom is -0.378 e. The second-order valence-corrected chi connectivity index (χ2v) is 3.69. The summed E-state index contributed by atoms with van der Waals surface area (Å²) in [4.78, 5) is 21.0. The fourth-order valence-corrected chi connectivity index (χ4v) is 1.56. The number of likely N-dealkylation sites (tertiary alicyclic amines) is 1. The van der Waals surface area contributed by atoms with Gasteiger partial charge < -0.3 is 9.64 Å². The van der Waals surface area contributed by atoms with Crippen molar-refractivity contribution in [3.05, 3.63) is 23.2 Å². The Kier molecular flexibility index (Phi) is 2.83. The number of halogens is 1. The van der Waals surface area contributed by atoms with E-state index in [2.05, 4.69) is 9.97 Å². The largest absolute Gasteiger partial charge is 0.378 e. The maximum atomic E-state index is 11.8. The topological polar surface area (TPSA) is 55.3 Å². The molecule has 1 fully saturated rings. The molecule has 0 aliphatic carbocycles. The fourth-order valence-electron chi connectivity index (χ4n) is 1.37. The summed E-state index contributed by atoms with van der Waals surface area (Å²) in [7, 11) is 1.63. The predicted octanol–water partition coefficient (Wildman–Crippen LogP) is 0.601. The molecule has 0 atom stereocenters. The second-order valence-electron chi connectivity index (χ2n) is 3.29. The van der Waals surface area contributed by atoms with Crippen LogP contribution in [0.2, 0.25) is 5.02 Å². The Morgan fingerprint density at radius 1 is 1.67 bits per heavy atom. The maximum absolute atomic E-state index is 11.8. The van der Waals surface area contributed by atoms with Crippen LogP contribution < -0.4 is 0 Å². The normalized spacial score (nSPS) is 16.3. The van der Waals surface area contributed by atoms with Crippen LogP contribution >= 0.6 is 11.6 Å². The van der Waals surface area contributed by atoms with Gasteiger partial charge in [-0.2, -0.15) is 0 Å². The first-order valence-electron chi connectivity index (χ1n) is 4.50. The number of rotatable bonds is 2. The van der Waals surface area contributed by atoms with E-state index < -0.39 is 0 Å². The second kappa shape index (κ2) is 4.12. The van der Waals surface area contributed by atoms with Crippen LogP contribution in [-0.2, 0) is 4.74 Å². The molecule has 2 heterocycles. The molecule has 5 nitrogen and oxygen atoms in total. The quantitative estimate of drug-likeness (QED) is 0.743. The van der Waals surface area contributed by atoms with Gasteiger partial charge in [0.15, 0.2) is 0 Å². The summed E-state index contributed by atoms with van der Waals surface area (Å²) in [6, 6.07) is 0. The summed E-state index contributed by atoms with van der Waals surface area (Å²) in [5, 5.41) is 0.281. The van der Waals surface area contributed by atoms with Crippen LogP contribution in [0.15, 0.2) is 12.5 Å². The van der Waals surface area contributed by atoms with E-state index in [0.717, 1.165) is 0 Å². The molecule has 1 saturated heterocycles. The van der Waals surface area contributed by atoms with Crippen molar-refractivity contribution in [2.24, 2.45) is 0 Å². The lowest BCUT2D eigenvalue weighted by Crippen LogP contribution is -2.54. The summed E-state index contributed by atoms with van der Waals surface area (Å²) in [5.41, 5.74) is 0.251. The third-order valence-corrected chi connectivity index (χ3v) is 2.62. The molecule has 1 aromatic heterocycles. The number of amides is 1. The number of aromatic nitrogens is 2. The van der Waals surface area contributed by atoms with Gasteiger partial charge in [-0.1, -0.05) is 11.6 Å². The molecule has 0 bridgehead atoms. The molecule has 6 heteroatoms. The van der Waals surface area contributed by atoms with Gasteiger partial charge >= 0.3 is 0 Å². The van der Waals surface area contributed by atoms with E-state index in [1.165, 1.54) is 12.5 Å². The first-order chi connectivity index (χ1) is 7.22. The van der Waals surface area contributed by atoms with Crippen LogP contribution in [0.25, 0.3) is 0 Å². The molecule has 80 valence electrons. The first kappa shape index (κ1) is 10.3. The van der Waals surface area contributed by atoms with Crippen molar-refractivity contribution in [2.75, 3.05) is 20.2 Å². The molecule has 1 amide bonds. The Balaban J connectivity index is 2.07. The average Bonchev–Trinajstić information content (AvgIpc) is 2.16. The van der Waals surface area contributed by atoms with Gasteiger partial charge in [0.05, 0.1) is 11.1 Å². The summed E-state index contributed by atoms with van der Waals surface area (Å²) >= 11 is 5.81. The molecular formula is C9H10ClN3O2. The van der Waals surface area contributed by atoms with Gasteiger partial charge in [0.2, 0.25) is 0 Å². The van der Waals surface area contributed by atoms with E-state index in [1.54, 1.807) is 12.0 Å². The lowest BCUT2D eigenvalue weighted by Gasteiger charge is -2.37. The standard InChI is InChI=1S/C9H10ClN3O2/c1-15-6-3-13(4-6)9(14)8-7(10)2-11-5-12-8/h2,5-6H,3-4H2,1H3. The highest BCUT2D eigenvalue weighted by Crippen LogP contribution is 2.18. The van der Waals surface area contributed by atoms with Gasteiger partial charge in [0.1, 0.15) is 12.0 Å². The minimum atomic E-state index is -0.171. The molecule has 1 aliphatic heterocycles. The zero-order chi connectivity index (χ0) is 10.8. The van der Waals surface area contributed by atoms with Crippen LogP contribution in [0, 0.1) is 0 Å². The number of carbonyl (C=O) groups is 1. The highest BCUT2D eigenvalue weighted by molar-refractivity contribution is 6.33. The van der Waals surface area contributed by atoms with E-state index in [0.29, 0.717) is 13.1 Å². The van der Waals surface area contributed by atoms with Gasteiger partial charge in [-0.3, -0.25) is 4.79 Å². The van der Waals surface area contributed by atoms with Crippen molar-refractivity contribution >= 4 is 17.5 Å². The Bertz CT molecular complexity index is 379. The van der Waals surface area contributed by atoms with E-state index in [-0.39, 0.29) is 22.7 Å². The van der Waals surface area contributed by atoms with E-state index in [4.69, 9.17) is 16.3 Å². The van der Waals surface area contributed by atoms with Gasteiger partial charge in [-0.05, 0) is 0 Å². The third-order valence-electron chi connectivity index (χ3n) is 2.34. The number of ether oxygens (including phenoxy) is 1. The van der Waals surface area contributed by atoms with Crippen molar-refractivity contribution in [3.63, 3.8) is 0 Å². The summed E-state index contributed by atoms with van der Waals surface area (Å²) in [6.07, 6.45) is 2.86. The lowest BCUT2D eigenvalue weighted by atomic mass is 10.1. The summed E-state index contributed by atoms with van der Waals surface area (Å²) < 4.78 is 5.07. The maximum Gasteiger partial charge on any atom is 0.274 e. The van der Waals surface area contributed by atoms with Crippen LogP contribution in [-0.4, -0.2) is 47.1 Å². The molecule has 0 radical (unpaired) electrons. The molecule has 2 rings (SSSR count). The molecule has 1 aromatic rings. The Morgan fingerprint density at radius 2 is 2.40 bits per heavy atom. The Labute approximate surface area is 92.0 Å². The zero-order valence-corrected chi connectivity index (χ0v) is 8.94. The van der Waals surface area contributed by atoms with Crippen LogP contribution in [0.1, 0.15) is 10.5 Å². The number of nitrogens with zero attached hydrogens (tertiary/aromatic N) is 3. The van der Waals surface area contributed by atoms with Gasteiger partial charge in [0.25, 0.3) is 5.91 Å². The third kappa shape index (κ3) is 1.93. The highest BCUT2D eigenvalue weighted by atomic mass is 35.5. The zero-order valence-electron chi connectivity index (χ0n) is 8.18. The molecule has 0 N–H and O–H groups in total. The van der Waals surface area contributed by atoms with E-state index >= 15 is 0 Å². The Hall–Kier alpha value is -1.20. The SMILES string of the molecule is COC1CN(C(=O)c2ncncc2Cl)C1. The summed E-state index contributed by atoms with van der Waals surface area (Å²) in [6.45, 7) is 1.19. The van der Waals surface area contributed by atoms with Crippen LogP contribution in [0.4, 0.5) is 0 Å². The van der Waals surface area contributed by atoms with Crippen LogP contribution in [0.3, 0.4) is 0 Å². The first-order valence-corrected chi connectivity index (χ1v) is 4.87. The van der Waals surface area contributed by atoms with Crippen molar-refractivity contribution in [1.82, 2.24) is 14.9 Å². The van der Waals surface area contributed by atoms with E-state index in [1.807, 2.05) is 0 Å². The number of hydrogen-bond acceptors (Lipinski definition) is 4. The summed E-state index contributed by atoms with van der Waals surface area (Å²) in [5.74, 6) is -0.171.